The summed E-state index contributed by atoms with van der Waals surface area (Å²) in [4.78, 5) is 24.3. The Morgan fingerprint density at radius 3 is 2.76 bits per heavy atom. The SMILES string of the molecule is C=C1C(=O)O[C@H]2/C=C(/C)C(O)C/C=C(/C)CC(OC(=O)/C(C)=C\C)[C@H]12. The Labute approximate surface area is 148 Å². The maximum atomic E-state index is 12.3. The van der Waals surface area contributed by atoms with Crippen LogP contribution in [-0.2, 0) is 19.1 Å². The average Bonchev–Trinajstić information content (AvgIpc) is 2.84. The highest BCUT2D eigenvalue weighted by Crippen LogP contribution is 2.36. The highest BCUT2D eigenvalue weighted by molar-refractivity contribution is 5.92. The fourth-order valence-electron chi connectivity index (χ4n) is 3.04. The van der Waals surface area contributed by atoms with Crippen molar-refractivity contribution in [2.24, 2.45) is 5.92 Å². The molecule has 0 aromatic rings. The van der Waals surface area contributed by atoms with E-state index in [9.17, 15) is 14.7 Å². The van der Waals surface area contributed by atoms with Crippen LogP contribution in [0.4, 0.5) is 0 Å². The van der Waals surface area contributed by atoms with Crippen molar-refractivity contribution in [3.63, 3.8) is 0 Å². The lowest BCUT2D eigenvalue weighted by Gasteiger charge is -2.28. The third-order valence-corrected chi connectivity index (χ3v) is 4.84. The molecule has 25 heavy (non-hydrogen) atoms. The quantitative estimate of drug-likeness (QED) is 0.473. The van der Waals surface area contributed by atoms with Crippen LogP contribution in [0.25, 0.3) is 0 Å². The molecular weight excluding hydrogens is 320 g/mol. The van der Waals surface area contributed by atoms with E-state index in [-0.39, 0.29) is 0 Å². The number of rotatable bonds is 2. The molecular formula is C20H26O5. The molecule has 1 heterocycles. The highest BCUT2D eigenvalue weighted by Gasteiger charge is 2.44. The molecule has 1 N–H and O–H groups in total. The van der Waals surface area contributed by atoms with Crippen molar-refractivity contribution >= 4 is 11.9 Å². The minimum atomic E-state index is -0.632. The number of aliphatic hydroxyl groups excluding tert-OH is 1. The molecule has 2 unspecified atom stereocenters. The van der Waals surface area contributed by atoms with E-state index in [1.807, 2.05) is 13.0 Å². The fraction of sp³-hybridized carbons (Fsp3) is 0.500. The van der Waals surface area contributed by atoms with Gasteiger partial charge in [-0.25, -0.2) is 9.59 Å². The molecule has 0 radical (unpaired) electrons. The first kappa shape index (κ1) is 19.2. The van der Waals surface area contributed by atoms with Crippen molar-refractivity contribution in [1.29, 1.82) is 0 Å². The third-order valence-electron chi connectivity index (χ3n) is 4.84. The van der Waals surface area contributed by atoms with Gasteiger partial charge in [-0.2, -0.15) is 0 Å². The van der Waals surface area contributed by atoms with Crippen molar-refractivity contribution in [3.8, 4) is 0 Å². The first-order valence-electron chi connectivity index (χ1n) is 8.50. The monoisotopic (exact) mass is 346 g/mol. The van der Waals surface area contributed by atoms with E-state index >= 15 is 0 Å². The van der Waals surface area contributed by atoms with Crippen LogP contribution in [0.1, 0.15) is 40.5 Å². The van der Waals surface area contributed by atoms with Gasteiger partial charge in [0, 0.05) is 17.6 Å². The summed E-state index contributed by atoms with van der Waals surface area (Å²) in [5.41, 5.74) is 2.51. The lowest BCUT2D eigenvalue weighted by Crippen LogP contribution is -2.34. The number of carbonyl (C=O) groups is 2. The van der Waals surface area contributed by atoms with Gasteiger partial charge in [0.05, 0.1) is 12.0 Å². The zero-order valence-corrected chi connectivity index (χ0v) is 15.2. The van der Waals surface area contributed by atoms with Crippen LogP contribution < -0.4 is 0 Å². The summed E-state index contributed by atoms with van der Waals surface area (Å²) < 4.78 is 11.1. The van der Waals surface area contributed by atoms with Gasteiger partial charge in [-0.15, -0.1) is 0 Å². The van der Waals surface area contributed by atoms with Crippen LogP contribution in [0.3, 0.4) is 0 Å². The molecule has 0 aromatic heterocycles. The Hall–Kier alpha value is -2.14. The maximum Gasteiger partial charge on any atom is 0.334 e. The van der Waals surface area contributed by atoms with Gasteiger partial charge in [0.25, 0.3) is 0 Å². The predicted molar refractivity (Wildman–Crippen MR) is 94.6 cm³/mol. The van der Waals surface area contributed by atoms with Gasteiger partial charge in [0.15, 0.2) is 0 Å². The molecule has 0 bridgehead atoms. The Morgan fingerprint density at radius 2 is 2.12 bits per heavy atom. The second-order valence-electron chi connectivity index (χ2n) is 6.75. The van der Waals surface area contributed by atoms with E-state index in [0.29, 0.717) is 24.0 Å². The van der Waals surface area contributed by atoms with Crippen molar-refractivity contribution in [2.75, 3.05) is 0 Å². The van der Waals surface area contributed by atoms with Gasteiger partial charge in [-0.05, 0) is 45.8 Å². The van der Waals surface area contributed by atoms with Gasteiger partial charge in [-0.3, -0.25) is 0 Å². The largest absolute Gasteiger partial charge is 0.458 e. The van der Waals surface area contributed by atoms with Gasteiger partial charge >= 0.3 is 11.9 Å². The van der Waals surface area contributed by atoms with Crippen molar-refractivity contribution < 1.29 is 24.2 Å². The number of carbonyl (C=O) groups excluding carboxylic acids is 2. The maximum absolute atomic E-state index is 12.3. The summed E-state index contributed by atoms with van der Waals surface area (Å²) >= 11 is 0. The minimum Gasteiger partial charge on any atom is -0.458 e. The van der Waals surface area contributed by atoms with Crippen molar-refractivity contribution in [1.82, 2.24) is 0 Å². The van der Waals surface area contributed by atoms with E-state index < -0.39 is 36.2 Å². The van der Waals surface area contributed by atoms with E-state index in [1.165, 1.54) is 0 Å². The summed E-state index contributed by atoms with van der Waals surface area (Å²) in [7, 11) is 0. The molecule has 1 fully saturated rings. The van der Waals surface area contributed by atoms with Crippen LogP contribution in [0, 0.1) is 5.92 Å². The second-order valence-corrected chi connectivity index (χ2v) is 6.75. The Balaban J connectivity index is 2.42. The number of fused-ring (bicyclic) bond motifs is 1. The van der Waals surface area contributed by atoms with Crippen LogP contribution >= 0.6 is 0 Å². The van der Waals surface area contributed by atoms with Gasteiger partial charge < -0.3 is 14.6 Å². The lowest BCUT2D eigenvalue weighted by atomic mass is 9.85. The van der Waals surface area contributed by atoms with Crippen LogP contribution in [-0.4, -0.2) is 35.4 Å². The molecule has 0 saturated carbocycles. The summed E-state index contributed by atoms with van der Waals surface area (Å²) in [6.45, 7) is 11.0. The number of hydrogen-bond acceptors (Lipinski definition) is 5. The fourth-order valence-corrected chi connectivity index (χ4v) is 3.04. The average molecular weight is 346 g/mol. The third kappa shape index (κ3) is 4.28. The molecule has 0 amide bonds. The highest BCUT2D eigenvalue weighted by atomic mass is 16.6. The van der Waals surface area contributed by atoms with E-state index in [0.717, 1.165) is 11.1 Å². The molecule has 1 aliphatic heterocycles. The van der Waals surface area contributed by atoms with E-state index in [4.69, 9.17) is 9.47 Å². The molecule has 0 aromatic carbocycles. The van der Waals surface area contributed by atoms with Crippen molar-refractivity contribution in [2.45, 2.75) is 58.8 Å². The van der Waals surface area contributed by atoms with Crippen LogP contribution in [0.5, 0.6) is 0 Å². The molecule has 0 spiro atoms. The number of aliphatic hydroxyl groups is 1. The zero-order valence-electron chi connectivity index (χ0n) is 15.2. The molecule has 5 heteroatoms. The zero-order chi connectivity index (χ0) is 18.7. The standard InChI is InChI=1S/C20H26O5/c1-6-12(3)19(22)24-16-9-11(2)7-8-15(21)13(4)10-17-18(16)14(5)20(23)25-17/h6-7,10,15-18,21H,5,8-9H2,1-4H3/b11-7-,12-6-,13-10-/t15?,16?,17-,18-/m0/s1. The number of ether oxygens (including phenoxy) is 2. The second kappa shape index (κ2) is 7.83. The summed E-state index contributed by atoms with van der Waals surface area (Å²) in [5.74, 6) is -1.37. The molecule has 136 valence electrons. The van der Waals surface area contributed by atoms with Gasteiger partial charge in [-0.1, -0.05) is 24.3 Å². The smallest absolute Gasteiger partial charge is 0.334 e. The molecule has 2 rings (SSSR count). The molecule has 5 nitrogen and oxygen atoms in total. The van der Waals surface area contributed by atoms with Crippen molar-refractivity contribution in [3.05, 3.63) is 47.1 Å². The topological polar surface area (TPSA) is 72.8 Å². The first-order chi connectivity index (χ1) is 11.7. The predicted octanol–water partition coefficient (Wildman–Crippen LogP) is 3.01. The number of esters is 2. The molecule has 4 atom stereocenters. The van der Waals surface area contributed by atoms with E-state index in [2.05, 4.69) is 6.58 Å². The molecule has 2 aliphatic rings. The Kier molecular flexibility index (Phi) is 6.01. The Bertz CT molecular complexity index is 668. The van der Waals surface area contributed by atoms with E-state index in [1.54, 1.807) is 32.9 Å². The van der Waals surface area contributed by atoms with Gasteiger partial charge in [0.1, 0.15) is 12.2 Å². The minimum absolute atomic E-state index is 0.299. The molecule has 1 aliphatic carbocycles. The first-order valence-corrected chi connectivity index (χ1v) is 8.50. The Morgan fingerprint density at radius 1 is 1.44 bits per heavy atom. The number of hydrogen-bond donors (Lipinski definition) is 1. The van der Waals surface area contributed by atoms with Gasteiger partial charge in [0.2, 0.25) is 0 Å². The summed E-state index contributed by atoms with van der Waals surface area (Å²) in [5, 5.41) is 10.2. The summed E-state index contributed by atoms with van der Waals surface area (Å²) in [6.07, 6.45) is 4.51. The summed E-state index contributed by atoms with van der Waals surface area (Å²) in [6, 6.07) is 0. The van der Waals surface area contributed by atoms with Crippen LogP contribution in [0.2, 0.25) is 0 Å². The number of allylic oxidation sites excluding steroid dienone is 1. The molecule has 1 saturated heterocycles. The lowest BCUT2D eigenvalue weighted by molar-refractivity contribution is -0.147. The normalized spacial score (nSPS) is 35.0. The van der Waals surface area contributed by atoms with Crippen LogP contribution in [0.15, 0.2) is 47.1 Å².